The third-order valence-corrected chi connectivity index (χ3v) is 5.79. The Kier molecular flexibility index (Phi) is 5.08. The normalized spacial score (nSPS) is 20.5. The van der Waals surface area contributed by atoms with Crippen molar-refractivity contribution in [2.45, 2.75) is 31.5 Å². The Bertz CT molecular complexity index is 800. The van der Waals surface area contributed by atoms with Gasteiger partial charge in [-0.05, 0) is 55.3 Å². The number of nitrogens with zero attached hydrogens (tertiary/aromatic N) is 2. The number of benzene rings is 2. The first kappa shape index (κ1) is 18.3. The van der Waals surface area contributed by atoms with Gasteiger partial charge in [0.1, 0.15) is 18.1 Å². The van der Waals surface area contributed by atoms with Crippen molar-refractivity contribution in [2.75, 3.05) is 33.3 Å². The number of likely N-dealkylation sites (tertiary alicyclic amines) is 1. The number of piperidine rings is 1. The molecule has 2 aromatic carbocycles. The molecule has 144 valence electrons. The van der Waals surface area contributed by atoms with E-state index >= 15 is 0 Å². The van der Waals surface area contributed by atoms with Crippen LogP contribution in [0.2, 0.25) is 0 Å². The first-order valence-corrected chi connectivity index (χ1v) is 9.69. The predicted octanol–water partition coefficient (Wildman–Crippen LogP) is 2.70. The molecule has 0 spiro atoms. The molecule has 5 nitrogen and oxygen atoms in total. The van der Waals surface area contributed by atoms with E-state index in [1.54, 1.807) is 6.07 Å². The minimum atomic E-state index is -0.746. The third-order valence-electron chi connectivity index (χ3n) is 5.79. The Hall–Kier alpha value is -2.08. The van der Waals surface area contributed by atoms with Crippen LogP contribution in [0.25, 0.3) is 0 Å². The summed E-state index contributed by atoms with van der Waals surface area (Å²) in [5.41, 5.74) is 2.46. The monoisotopic (exact) mass is 368 g/mol. The molecule has 27 heavy (non-hydrogen) atoms. The molecule has 2 aliphatic heterocycles. The molecule has 0 aliphatic carbocycles. The van der Waals surface area contributed by atoms with Crippen molar-refractivity contribution in [1.82, 2.24) is 9.80 Å². The van der Waals surface area contributed by atoms with E-state index in [-0.39, 0.29) is 0 Å². The highest BCUT2D eigenvalue weighted by Crippen LogP contribution is 2.35. The summed E-state index contributed by atoms with van der Waals surface area (Å²) in [6.45, 7) is 4.82. The lowest BCUT2D eigenvalue weighted by molar-refractivity contribution is -0.0204. The van der Waals surface area contributed by atoms with Crippen LogP contribution in [0.15, 0.2) is 42.5 Å². The summed E-state index contributed by atoms with van der Waals surface area (Å²) in [5.74, 6) is 1.21. The number of hydrogen-bond acceptors (Lipinski definition) is 5. The first-order chi connectivity index (χ1) is 13.0. The van der Waals surface area contributed by atoms with Crippen molar-refractivity contribution < 1.29 is 14.9 Å². The highest BCUT2D eigenvalue weighted by atomic mass is 16.5. The van der Waals surface area contributed by atoms with Crippen molar-refractivity contribution in [3.63, 3.8) is 0 Å². The maximum Gasteiger partial charge on any atom is 0.123 e. The van der Waals surface area contributed by atoms with E-state index in [2.05, 4.69) is 22.9 Å². The van der Waals surface area contributed by atoms with Crippen molar-refractivity contribution in [1.29, 1.82) is 0 Å². The molecular formula is C22H28N2O3. The van der Waals surface area contributed by atoms with E-state index in [0.717, 1.165) is 68.0 Å². The van der Waals surface area contributed by atoms with Crippen LogP contribution < -0.4 is 4.74 Å². The summed E-state index contributed by atoms with van der Waals surface area (Å²) in [6, 6.07) is 13.6. The molecular weight excluding hydrogens is 340 g/mol. The van der Waals surface area contributed by atoms with Gasteiger partial charge in [-0.15, -0.1) is 0 Å². The zero-order valence-corrected chi connectivity index (χ0v) is 15.9. The summed E-state index contributed by atoms with van der Waals surface area (Å²) < 4.78 is 5.95. The molecule has 2 aromatic rings. The van der Waals surface area contributed by atoms with Crippen LogP contribution in [0.4, 0.5) is 0 Å². The van der Waals surface area contributed by atoms with Gasteiger partial charge >= 0.3 is 0 Å². The van der Waals surface area contributed by atoms with Crippen LogP contribution in [-0.2, 0) is 18.7 Å². The van der Waals surface area contributed by atoms with E-state index in [1.807, 2.05) is 30.3 Å². The van der Waals surface area contributed by atoms with E-state index < -0.39 is 5.60 Å². The first-order valence-electron chi connectivity index (χ1n) is 9.69. The highest BCUT2D eigenvalue weighted by Gasteiger charge is 2.33. The molecule has 1 fully saturated rings. The molecule has 0 unspecified atom stereocenters. The van der Waals surface area contributed by atoms with E-state index in [9.17, 15) is 10.2 Å². The van der Waals surface area contributed by atoms with Gasteiger partial charge in [0.25, 0.3) is 0 Å². The fraction of sp³-hybridized carbons (Fsp3) is 0.455. The maximum absolute atomic E-state index is 11.2. The smallest absolute Gasteiger partial charge is 0.123 e. The molecule has 1 saturated heterocycles. The Morgan fingerprint density at radius 3 is 2.67 bits per heavy atom. The fourth-order valence-corrected chi connectivity index (χ4v) is 4.06. The van der Waals surface area contributed by atoms with Gasteiger partial charge in [0.2, 0.25) is 0 Å². The van der Waals surface area contributed by atoms with Gasteiger partial charge in [-0.25, -0.2) is 0 Å². The van der Waals surface area contributed by atoms with Gasteiger partial charge < -0.3 is 19.8 Å². The Labute approximate surface area is 160 Å². The minimum Gasteiger partial charge on any atom is -0.508 e. The number of aliphatic hydroxyl groups is 1. The second-order valence-electron chi connectivity index (χ2n) is 7.89. The van der Waals surface area contributed by atoms with Gasteiger partial charge in [0, 0.05) is 38.3 Å². The molecule has 2 aliphatic rings. The van der Waals surface area contributed by atoms with E-state index in [1.165, 1.54) is 0 Å². The topological polar surface area (TPSA) is 56.2 Å². The largest absolute Gasteiger partial charge is 0.508 e. The molecule has 0 radical (unpaired) electrons. The average Bonchev–Trinajstić information content (AvgIpc) is 2.85. The van der Waals surface area contributed by atoms with Gasteiger partial charge in [0.05, 0.1) is 5.60 Å². The molecule has 2 N–H and O–H groups in total. The summed E-state index contributed by atoms with van der Waals surface area (Å²) in [6.07, 6.45) is 1.52. The SMILES string of the molecule is CN1CCC(O)(c2ccc3c(c2)CN(Cc2cccc(O)c2)CCO3)CC1. The lowest BCUT2D eigenvalue weighted by Crippen LogP contribution is -2.40. The number of phenolic OH excluding ortho intramolecular Hbond substituents is 1. The fourth-order valence-electron chi connectivity index (χ4n) is 4.06. The second-order valence-corrected chi connectivity index (χ2v) is 7.89. The van der Waals surface area contributed by atoms with Crippen LogP contribution in [0.1, 0.15) is 29.5 Å². The molecule has 0 aromatic heterocycles. The summed E-state index contributed by atoms with van der Waals surface area (Å²) in [4.78, 5) is 4.58. The molecule has 0 bridgehead atoms. The maximum atomic E-state index is 11.2. The molecule has 0 atom stereocenters. The van der Waals surface area contributed by atoms with Gasteiger partial charge in [-0.3, -0.25) is 4.90 Å². The number of hydrogen-bond donors (Lipinski definition) is 2. The molecule has 5 heteroatoms. The van der Waals surface area contributed by atoms with Crippen molar-refractivity contribution in [3.8, 4) is 11.5 Å². The second kappa shape index (κ2) is 7.50. The summed E-state index contributed by atoms with van der Waals surface area (Å²) in [5, 5.41) is 20.9. The highest BCUT2D eigenvalue weighted by molar-refractivity contribution is 5.40. The number of aromatic hydroxyl groups is 1. The van der Waals surface area contributed by atoms with Crippen molar-refractivity contribution in [2.24, 2.45) is 0 Å². The zero-order valence-electron chi connectivity index (χ0n) is 15.9. The number of phenols is 1. The molecule has 0 saturated carbocycles. The summed E-state index contributed by atoms with van der Waals surface area (Å²) >= 11 is 0. The van der Waals surface area contributed by atoms with Crippen LogP contribution in [0.3, 0.4) is 0 Å². The molecule has 2 heterocycles. The minimum absolute atomic E-state index is 0.297. The Morgan fingerprint density at radius 1 is 1.07 bits per heavy atom. The lowest BCUT2D eigenvalue weighted by atomic mass is 9.84. The van der Waals surface area contributed by atoms with Crippen molar-refractivity contribution >= 4 is 0 Å². The predicted molar refractivity (Wildman–Crippen MR) is 105 cm³/mol. The number of fused-ring (bicyclic) bond motifs is 1. The lowest BCUT2D eigenvalue weighted by Gasteiger charge is -2.37. The number of ether oxygens (including phenoxy) is 1. The molecule has 0 amide bonds. The number of rotatable bonds is 3. The van der Waals surface area contributed by atoms with Gasteiger partial charge in [0.15, 0.2) is 0 Å². The zero-order chi connectivity index (χ0) is 18.9. The van der Waals surface area contributed by atoms with Gasteiger partial charge in [-0.1, -0.05) is 18.2 Å². The Morgan fingerprint density at radius 2 is 1.89 bits per heavy atom. The average molecular weight is 368 g/mol. The van der Waals surface area contributed by atoms with E-state index in [0.29, 0.717) is 12.4 Å². The van der Waals surface area contributed by atoms with Crippen LogP contribution >= 0.6 is 0 Å². The quantitative estimate of drug-likeness (QED) is 0.872. The molecule has 4 rings (SSSR count). The Balaban J connectivity index is 1.54. The summed E-state index contributed by atoms with van der Waals surface area (Å²) in [7, 11) is 2.10. The van der Waals surface area contributed by atoms with Crippen molar-refractivity contribution in [3.05, 3.63) is 59.2 Å². The van der Waals surface area contributed by atoms with Crippen LogP contribution in [0, 0.1) is 0 Å². The van der Waals surface area contributed by atoms with Gasteiger partial charge in [-0.2, -0.15) is 0 Å². The third kappa shape index (κ3) is 4.10. The van der Waals surface area contributed by atoms with E-state index in [4.69, 9.17) is 4.74 Å². The standard InChI is InChI=1S/C22H28N2O3/c1-23-9-7-22(26,8-10-23)19-5-6-21-18(14-19)16-24(11-12-27-21)15-17-3-2-4-20(25)13-17/h2-6,13-14,25-26H,7-12,15-16H2,1H3. The van der Waals surface area contributed by atoms with Crippen LogP contribution in [0.5, 0.6) is 11.5 Å². The van der Waals surface area contributed by atoms with Crippen LogP contribution in [-0.4, -0.2) is 53.3 Å².